The van der Waals surface area contributed by atoms with Crippen LogP contribution >= 0.6 is 0 Å². The first-order valence-electron chi connectivity index (χ1n) is 9.78. The number of carbonyl (C=O) groups excluding carboxylic acids is 2. The van der Waals surface area contributed by atoms with Crippen molar-refractivity contribution < 1.29 is 9.59 Å². The number of amides is 2. The normalized spacial score (nSPS) is 18.4. The molecular weight excluding hydrogens is 366 g/mol. The van der Waals surface area contributed by atoms with E-state index < -0.39 is 5.66 Å². The van der Waals surface area contributed by atoms with Gasteiger partial charge in [0.2, 0.25) is 11.6 Å². The number of nitrogens with zero attached hydrogens (tertiary/aromatic N) is 3. The quantitative estimate of drug-likeness (QED) is 0.708. The van der Waals surface area contributed by atoms with Gasteiger partial charge in [-0.2, -0.15) is 10.1 Å². The fourth-order valence-electron chi connectivity index (χ4n) is 3.47. The summed E-state index contributed by atoms with van der Waals surface area (Å²) < 4.78 is 0. The molecule has 0 spiro atoms. The van der Waals surface area contributed by atoms with E-state index in [0.29, 0.717) is 17.1 Å². The van der Waals surface area contributed by atoms with Crippen molar-refractivity contribution in [2.45, 2.75) is 33.4 Å². The second kappa shape index (κ2) is 8.34. The van der Waals surface area contributed by atoms with Gasteiger partial charge < -0.3 is 15.5 Å². The van der Waals surface area contributed by atoms with Crippen molar-refractivity contribution in [1.82, 2.24) is 5.32 Å². The minimum absolute atomic E-state index is 0.324. The lowest BCUT2D eigenvalue weighted by Gasteiger charge is -2.31. The van der Waals surface area contributed by atoms with E-state index >= 15 is 0 Å². The van der Waals surface area contributed by atoms with Gasteiger partial charge in [0.15, 0.2) is 0 Å². The molecule has 152 valence electrons. The Hall–Kier alpha value is -3.35. The molecule has 0 saturated carbocycles. The van der Waals surface area contributed by atoms with E-state index in [0.717, 1.165) is 18.8 Å². The summed E-state index contributed by atoms with van der Waals surface area (Å²) >= 11 is 0. The van der Waals surface area contributed by atoms with E-state index in [9.17, 15) is 9.59 Å². The van der Waals surface area contributed by atoms with Gasteiger partial charge in [-0.05, 0) is 57.2 Å². The lowest BCUT2D eigenvalue weighted by atomic mass is 10.0. The maximum Gasteiger partial charge on any atom is 0.300 e. The van der Waals surface area contributed by atoms with Crippen LogP contribution in [0.15, 0.2) is 59.7 Å². The monoisotopic (exact) mass is 393 g/mol. The molecule has 2 aromatic carbocycles. The summed E-state index contributed by atoms with van der Waals surface area (Å²) in [5.74, 6) is -0.681. The molecule has 0 aliphatic carbocycles. The van der Waals surface area contributed by atoms with E-state index in [-0.39, 0.29) is 11.8 Å². The van der Waals surface area contributed by atoms with E-state index in [2.05, 4.69) is 34.5 Å². The molecule has 29 heavy (non-hydrogen) atoms. The number of anilines is 3. The van der Waals surface area contributed by atoms with Crippen molar-refractivity contribution in [1.29, 1.82) is 0 Å². The molecule has 1 aliphatic heterocycles. The predicted octanol–water partition coefficient (Wildman–Crippen LogP) is 3.20. The smallest absolute Gasteiger partial charge is 0.300 e. The topological polar surface area (TPSA) is 77.0 Å². The molecule has 2 aromatic rings. The molecule has 0 saturated heterocycles. The van der Waals surface area contributed by atoms with Crippen LogP contribution in [0.1, 0.15) is 27.7 Å². The number of rotatable bonds is 7. The summed E-state index contributed by atoms with van der Waals surface area (Å²) in [6.07, 6.45) is 0. The Morgan fingerprint density at radius 2 is 1.69 bits per heavy atom. The largest absolute Gasteiger partial charge is 0.372 e. The third kappa shape index (κ3) is 3.94. The first-order chi connectivity index (χ1) is 13.9. The lowest BCUT2D eigenvalue weighted by molar-refractivity contribution is -0.127. The molecule has 1 atom stereocenters. The number of carbonyl (C=O) groups is 2. The maximum atomic E-state index is 13.4. The second-order valence-corrected chi connectivity index (χ2v) is 6.91. The first-order valence-corrected chi connectivity index (χ1v) is 9.78. The Balaban J connectivity index is 1.93. The van der Waals surface area contributed by atoms with Crippen LogP contribution in [0.3, 0.4) is 0 Å². The van der Waals surface area contributed by atoms with Gasteiger partial charge in [-0.15, -0.1) is 0 Å². The van der Waals surface area contributed by atoms with Crippen LogP contribution in [0.5, 0.6) is 0 Å². The fourth-order valence-corrected chi connectivity index (χ4v) is 3.47. The SMILES string of the molecule is CCN(CC)c1ccc(NC2(NC(C)=O)C(=O)N(c3ccccc3)N=C2C)cc1. The predicted molar refractivity (Wildman–Crippen MR) is 117 cm³/mol. The average Bonchev–Trinajstić information content (AvgIpc) is 2.95. The van der Waals surface area contributed by atoms with Gasteiger partial charge in [0, 0.05) is 31.4 Å². The summed E-state index contributed by atoms with van der Waals surface area (Å²) in [5.41, 5.74) is 1.49. The Bertz CT molecular complexity index is 907. The lowest BCUT2D eigenvalue weighted by Crippen LogP contribution is -2.64. The van der Waals surface area contributed by atoms with Crippen molar-refractivity contribution >= 4 is 34.6 Å². The summed E-state index contributed by atoms with van der Waals surface area (Å²) in [6.45, 7) is 9.16. The highest BCUT2D eigenvalue weighted by molar-refractivity contribution is 6.25. The van der Waals surface area contributed by atoms with E-state index in [1.54, 1.807) is 19.1 Å². The van der Waals surface area contributed by atoms with E-state index in [4.69, 9.17) is 0 Å². The molecule has 7 heteroatoms. The Morgan fingerprint density at radius 3 is 2.24 bits per heavy atom. The zero-order valence-corrected chi connectivity index (χ0v) is 17.3. The van der Waals surface area contributed by atoms with Crippen molar-refractivity contribution in [3.63, 3.8) is 0 Å². The van der Waals surface area contributed by atoms with E-state index in [1.165, 1.54) is 11.9 Å². The van der Waals surface area contributed by atoms with Crippen LogP contribution in [0.4, 0.5) is 17.1 Å². The molecule has 0 aromatic heterocycles. The number of nitrogens with one attached hydrogen (secondary N) is 2. The van der Waals surface area contributed by atoms with Gasteiger partial charge in [-0.25, -0.2) is 0 Å². The van der Waals surface area contributed by atoms with Crippen LogP contribution in [0, 0.1) is 0 Å². The number of benzene rings is 2. The van der Waals surface area contributed by atoms with Crippen molar-refractivity contribution in [2.75, 3.05) is 28.3 Å². The Kier molecular flexibility index (Phi) is 5.87. The third-order valence-corrected chi connectivity index (χ3v) is 5.00. The van der Waals surface area contributed by atoms with Crippen LogP contribution in [0.25, 0.3) is 0 Å². The number of hydrogen-bond acceptors (Lipinski definition) is 5. The fraction of sp³-hybridized carbons (Fsp3) is 0.318. The molecule has 1 heterocycles. The van der Waals surface area contributed by atoms with Gasteiger partial charge in [0.05, 0.1) is 11.4 Å². The molecule has 0 fully saturated rings. The highest BCUT2D eigenvalue weighted by Gasteiger charge is 2.51. The van der Waals surface area contributed by atoms with Gasteiger partial charge in [-0.1, -0.05) is 18.2 Å². The van der Waals surface area contributed by atoms with Crippen molar-refractivity contribution in [3.8, 4) is 0 Å². The number of hydrogen-bond donors (Lipinski definition) is 2. The van der Waals surface area contributed by atoms with Gasteiger partial charge in [0.25, 0.3) is 5.91 Å². The maximum absolute atomic E-state index is 13.4. The summed E-state index contributed by atoms with van der Waals surface area (Å²) in [4.78, 5) is 27.6. The molecule has 2 N–H and O–H groups in total. The molecular formula is C22H27N5O2. The summed E-state index contributed by atoms with van der Waals surface area (Å²) in [7, 11) is 0. The highest BCUT2D eigenvalue weighted by Crippen LogP contribution is 2.29. The standard InChI is InChI=1S/C22H27N5O2/c1-5-26(6-2)19-14-12-18(13-15-19)24-22(23-17(4)28)16(3)25-27(21(22)29)20-10-8-7-9-11-20/h7-15,24H,5-6H2,1-4H3,(H,23,28). The third-order valence-electron chi connectivity index (χ3n) is 5.00. The average molecular weight is 393 g/mol. The molecule has 1 unspecified atom stereocenters. The second-order valence-electron chi connectivity index (χ2n) is 6.91. The van der Waals surface area contributed by atoms with Gasteiger partial charge >= 0.3 is 0 Å². The molecule has 0 bridgehead atoms. The minimum atomic E-state index is -1.43. The van der Waals surface area contributed by atoms with Gasteiger partial charge in [0.1, 0.15) is 0 Å². The van der Waals surface area contributed by atoms with Crippen LogP contribution < -0.4 is 20.5 Å². The molecule has 7 nitrogen and oxygen atoms in total. The molecule has 0 radical (unpaired) electrons. The Labute approximate surface area is 171 Å². The van der Waals surface area contributed by atoms with Crippen LogP contribution in [-0.4, -0.2) is 36.3 Å². The molecule has 3 rings (SSSR count). The van der Waals surface area contributed by atoms with Crippen LogP contribution in [0.2, 0.25) is 0 Å². The zero-order chi connectivity index (χ0) is 21.0. The van der Waals surface area contributed by atoms with Crippen molar-refractivity contribution in [3.05, 3.63) is 54.6 Å². The first kappa shape index (κ1) is 20.4. The van der Waals surface area contributed by atoms with Gasteiger partial charge in [-0.3, -0.25) is 9.59 Å². The van der Waals surface area contributed by atoms with Crippen LogP contribution in [-0.2, 0) is 9.59 Å². The Morgan fingerprint density at radius 1 is 1.07 bits per heavy atom. The molecule has 2 amide bonds. The minimum Gasteiger partial charge on any atom is -0.372 e. The van der Waals surface area contributed by atoms with Crippen molar-refractivity contribution in [2.24, 2.45) is 5.10 Å². The number of hydrazone groups is 1. The highest BCUT2D eigenvalue weighted by atomic mass is 16.2. The molecule has 1 aliphatic rings. The summed E-state index contributed by atoms with van der Waals surface area (Å²) in [6, 6.07) is 17.0. The number of para-hydroxylation sites is 1. The zero-order valence-electron chi connectivity index (χ0n) is 17.3. The van der Waals surface area contributed by atoms with E-state index in [1.807, 2.05) is 42.5 Å². The summed E-state index contributed by atoms with van der Waals surface area (Å²) in [5, 5.41) is 11.7.